The summed E-state index contributed by atoms with van der Waals surface area (Å²) >= 11 is 0. The number of nitrogens with two attached hydrogens (primary N) is 1. The lowest BCUT2D eigenvalue weighted by Crippen LogP contribution is -2.38. The topological polar surface area (TPSA) is 97.1 Å². The molecule has 0 unspecified atom stereocenters. The Labute approximate surface area is 277 Å². The number of fused-ring (bicyclic) bond motifs is 2. The molecule has 0 aliphatic heterocycles. The van der Waals surface area contributed by atoms with Crippen molar-refractivity contribution in [3.8, 4) is 0 Å². The van der Waals surface area contributed by atoms with E-state index in [-0.39, 0.29) is 12.2 Å². The van der Waals surface area contributed by atoms with Gasteiger partial charge in [-0.3, -0.25) is 0 Å². The van der Waals surface area contributed by atoms with Crippen LogP contribution in [0.5, 0.6) is 0 Å². The summed E-state index contributed by atoms with van der Waals surface area (Å²) < 4.78 is 11.6. The van der Waals surface area contributed by atoms with Gasteiger partial charge >= 0.3 is 12.2 Å². The highest BCUT2D eigenvalue weighted by atomic mass is 16.6. The average Bonchev–Trinajstić information content (AvgIpc) is 2.98. The number of hydrogen-bond acceptors (Lipinski definition) is 6. The maximum Gasteiger partial charge on any atom is 0.410 e. The number of carbonyl (C=O) groups is 2. The van der Waals surface area contributed by atoms with E-state index in [2.05, 4.69) is 59.9 Å². The Morgan fingerprint density at radius 2 is 1.11 bits per heavy atom. The molecule has 0 aromatic heterocycles. The molecular formula is C38H58N4O4. The molecule has 0 bridgehead atoms. The normalized spacial score (nSPS) is 12.0. The van der Waals surface area contributed by atoms with Gasteiger partial charge in [0, 0.05) is 19.6 Å². The van der Waals surface area contributed by atoms with Gasteiger partial charge in [0.2, 0.25) is 0 Å². The van der Waals surface area contributed by atoms with Crippen LogP contribution in [0.1, 0.15) is 92.1 Å². The summed E-state index contributed by atoms with van der Waals surface area (Å²) in [6, 6.07) is 18.9. The van der Waals surface area contributed by atoms with Crippen LogP contribution in [0.15, 0.2) is 54.6 Å². The second-order valence-electron chi connectivity index (χ2n) is 14.2. The number of carbonyl (C=O) groups excluding carboxylic acids is 2. The maximum atomic E-state index is 13.5. The van der Waals surface area contributed by atoms with E-state index < -0.39 is 11.2 Å². The van der Waals surface area contributed by atoms with Crippen molar-refractivity contribution in [3.05, 3.63) is 60.2 Å². The molecule has 254 valence electrons. The van der Waals surface area contributed by atoms with Crippen molar-refractivity contribution in [3.63, 3.8) is 0 Å². The van der Waals surface area contributed by atoms with E-state index in [0.717, 1.165) is 91.7 Å². The molecule has 8 nitrogen and oxygen atoms in total. The quantitative estimate of drug-likeness (QED) is 0.115. The second-order valence-corrected chi connectivity index (χ2v) is 14.2. The molecule has 0 saturated carbocycles. The largest absolute Gasteiger partial charge is 0.444 e. The minimum Gasteiger partial charge on any atom is -0.444 e. The molecular weight excluding hydrogens is 576 g/mol. The third kappa shape index (κ3) is 12.8. The lowest BCUT2D eigenvalue weighted by Gasteiger charge is -2.29. The number of unbranched alkanes of at least 4 members (excludes halogenated alkanes) is 4. The zero-order chi connectivity index (χ0) is 33.6. The van der Waals surface area contributed by atoms with Gasteiger partial charge in [0.25, 0.3) is 0 Å². The number of nitrogens with one attached hydrogen (secondary N) is 1. The van der Waals surface area contributed by atoms with Crippen LogP contribution in [-0.4, -0.2) is 72.5 Å². The number of benzene rings is 3. The van der Waals surface area contributed by atoms with Gasteiger partial charge in [-0.05, 0) is 139 Å². The van der Waals surface area contributed by atoms with Gasteiger partial charge < -0.3 is 30.3 Å². The molecule has 0 spiro atoms. The fraction of sp³-hybridized carbons (Fsp3) is 0.579. The Morgan fingerprint density at radius 1 is 0.652 bits per heavy atom. The van der Waals surface area contributed by atoms with E-state index in [9.17, 15) is 9.59 Å². The number of amides is 2. The molecule has 0 heterocycles. The summed E-state index contributed by atoms with van der Waals surface area (Å²) in [6.07, 6.45) is 5.96. The van der Waals surface area contributed by atoms with E-state index in [1.807, 2.05) is 51.3 Å². The Balaban J connectivity index is 1.63. The number of nitrogens with zero attached hydrogens (tertiary/aromatic N) is 2. The van der Waals surface area contributed by atoms with Gasteiger partial charge in [-0.2, -0.15) is 0 Å². The highest BCUT2D eigenvalue weighted by Crippen LogP contribution is 2.30. The predicted octanol–water partition coefficient (Wildman–Crippen LogP) is 8.25. The smallest absolute Gasteiger partial charge is 0.410 e. The standard InChI is InChI=1S/C38H58N4O4/c1-37(2,3)45-35(43)41(26-17-14-24-40-23-13-12-22-39)25-15-7-16-27-42(36(44)46-38(4,5)6)29-34-32-20-10-8-18-30(32)28-31-19-9-11-21-33(31)34/h8-11,18-21,28,40H,7,12-17,22-27,29,39H2,1-6H3. The van der Waals surface area contributed by atoms with Crippen molar-refractivity contribution in [2.75, 3.05) is 39.3 Å². The summed E-state index contributed by atoms with van der Waals surface area (Å²) in [7, 11) is 0. The van der Waals surface area contributed by atoms with Gasteiger partial charge in [0.15, 0.2) is 0 Å². The van der Waals surface area contributed by atoms with E-state index in [1.165, 1.54) is 0 Å². The van der Waals surface area contributed by atoms with E-state index in [1.54, 1.807) is 0 Å². The highest BCUT2D eigenvalue weighted by molar-refractivity contribution is 6.02. The van der Waals surface area contributed by atoms with Crippen LogP contribution in [-0.2, 0) is 16.0 Å². The van der Waals surface area contributed by atoms with E-state index >= 15 is 0 Å². The van der Waals surface area contributed by atoms with Crippen molar-refractivity contribution in [2.45, 2.75) is 104 Å². The summed E-state index contributed by atoms with van der Waals surface area (Å²) in [4.78, 5) is 30.2. The maximum absolute atomic E-state index is 13.5. The molecule has 2 amide bonds. The van der Waals surface area contributed by atoms with Gasteiger partial charge in [0.05, 0.1) is 6.54 Å². The number of hydrogen-bond donors (Lipinski definition) is 2. The third-order valence-corrected chi connectivity index (χ3v) is 7.73. The fourth-order valence-corrected chi connectivity index (χ4v) is 5.51. The van der Waals surface area contributed by atoms with Crippen molar-refractivity contribution in [1.29, 1.82) is 0 Å². The Hall–Kier alpha value is -3.36. The van der Waals surface area contributed by atoms with Crippen LogP contribution in [0.4, 0.5) is 9.59 Å². The Bertz CT molecular complexity index is 1320. The van der Waals surface area contributed by atoms with E-state index in [0.29, 0.717) is 26.2 Å². The van der Waals surface area contributed by atoms with Crippen LogP contribution in [0.2, 0.25) is 0 Å². The molecule has 3 aromatic rings. The summed E-state index contributed by atoms with van der Waals surface area (Å²) in [5, 5.41) is 8.07. The molecule has 3 aromatic carbocycles. The van der Waals surface area contributed by atoms with Crippen molar-refractivity contribution >= 4 is 33.7 Å². The summed E-state index contributed by atoms with van der Waals surface area (Å²) in [5.41, 5.74) is 5.57. The van der Waals surface area contributed by atoms with Gasteiger partial charge in [-0.1, -0.05) is 48.5 Å². The monoisotopic (exact) mass is 634 g/mol. The second kappa shape index (κ2) is 18.1. The average molecular weight is 635 g/mol. The van der Waals surface area contributed by atoms with Crippen LogP contribution in [0, 0.1) is 0 Å². The van der Waals surface area contributed by atoms with Gasteiger partial charge in [-0.25, -0.2) is 9.59 Å². The lowest BCUT2D eigenvalue weighted by atomic mass is 9.96. The zero-order valence-electron chi connectivity index (χ0n) is 29.2. The van der Waals surface area contributed by atoms with Gasteiger partial charge in [0.1, 0.15) is 11.2 Å². The van der Waals surface area contributed by atoms with Crippen LogP contribution in [0.25, 0.3) is 21.5 Å². The molecule has 0 radical (unpaired) electrons. The minimum absolute atomic E-state index is 0.262. The lowest BCUT2D eigenvalue weighted by molar-refractivity contribution is 0.0230. The number of ether oxygens (including phenoxy) is 2. The summed E-state index contributed by atoms with van der Waals surface area (Å²) in [6.45, 7) is 16.4. The Kier molecular flexibility index (Phi) is 14.6. The van der Waals surface area contributed by atoms with Crippen LogP contribution < -0.4 is 11.1 Å². The Morgan fingerprint density at radius 3 is 1.63 bits per heavy atom. The highest BCUT2D eigenvalue weighted by Gasteiger charge is 2.24. The van der Waals surface area contributed by atoms with E-state index in [4.69, 9.17) is 15.2 Å². The molecule has 0 fully saturated rings. The fourth-order valence-electron chi connectivity index (χ4n) is 5.51. The molecule has 46 heavy (non-hydrogen) atoms. The summed E-state index contributed by atoms with van der Waals surface area (Å²) in [5.74, 6) is 0. The molecule has 3 N–H and O–H groups in total. The van der Waals surface area contributed by atoms with Crippen LogP contribution >= 0.6 is 0 Å². The van der Waals surface area contributed by atoms with Crippen molar-refractivity contribution < 1.29 is 19.1 Å². The minimum atomic E-state index is -0.593. The first kappa shape index (κ1) is 37.1. The molecule has 0 saturated heterocycles. The molecule has 3 rings (SSSR count). The molecule has 0 atom stereocenters. The first-order valence-corrected chi connectivity index (χ1v) is 17.1. The SMILES string of the molecule is CC(C)(C)OC(=O)N(CCCCCN(Cc1c2ccccc2cc2ccccc12)C(=O)OC(C)(C)C)CCCCNCCCCN. The van der Waals surface area contributed by atoms with Gasteiger partial charge in [-0.15, -0.1) is 0 Å². The predicted molar refractivity (Wildman–Crippen MR) is 190 cm³/mol. The number of rotatable bonds is 17. The van der Waals surface area contributed by atoms with Crippen molar-refractivity contribution in [2.24, 2.45) is 5.73 Å². The molecule has 0 aliphatic carbocycles. The molecule has 8 heteroatoms. The van der Waals surface area contributed by atoms with Crippen molar-refractivity contribution in [1.82, 2.24) is 15.1 Å². The third-order valence-electron chi connectivity index (χ3n) is 7.73. The first-order valence-electron chi connectivity index (χ1n) is 17.1. The first-order chi connectivity index (χ1) is 21.9. The van der Waals surface area contributed by atoms with Crippen LogP contribution in [0.3, 0.4) is 0 Å². The molecule has 0 aliphatic rings. The zero-order valence-corrected chi connectivity index (χ0v) is 29.2.